The number of imidazole rings is 1. The number of carbonyl (C=O) groups excluding carboxylic acids is 1. The second kappa shape index (κ2) is 8.00. The van der Waals surface area contributed by atoms with E-state index in [9.17, 15) is 9.59 Å². The second-order valence-corrected chi connectivity index (χ2v) is 6.62. The largest absolute Gasteiger partial charge is 0.340 e. The van der Waals surface area contributed by atoms with Crippen LogP contribution in [0.15, 0.2) is 72.2 Å². The summed E-state index contributed by atoms with van der Waals surface area (Å²) in [7, 11) is 1.60. The summed E-state index contributed by atoms with van der Waals surface area (Å²) in [4.78, 5) is 37.3. The van der Waals surface area contributed by atoms with Gasteiger partial charge in [-0.05, 0) is 43.3 Å². The first-order valence-corrected chi connectivity index (χ1v) is 9.18. The molecule has 0 aliphatic carbocycles. The lowest BCUT2D eigenvalue weighted by molar-refractivity contribution is 0.102. The van der Waals surface area contributed by atoms with Gasteiger partial charge in [-0.1, -0.05) is 0 Å². The fraction of sp³-hybridized carbons (Fsp3) is 0.0952. The van der Waals surface area contributed by atoms with Crippen LogP contribution in [0.5, 0.6) is 0 Å². The molecule has 0 atom stereocenters. The van der Waals surface area contributed by atoms with Gasteiger partial charge in [0.2, 0.25) is 0 Å². The minimum atomic E-state index is -0.451. The molecule has 9 heteroatoms. The summed E-state index contributed by atoms with van der Waals surface area (Å²) in [6, 6.07) is 12.1. The van der Waals surface area contributed by atoms with Gasteiger partial charge in [-0.15, -0.1) is 0 Å². The normalized spacial score (nSPS) is 10.6. The molecular formula is C21H19N7O2. The van der Waals surface area contributed by atoms with Crippen LogP contribution in [0.4, 0.5) is 17.2 Å². The van der Waals surface area contributed by atoms with Gasteiger partial charge >= 0.3 is 0 Å². The number of anilines is 3. The molecular weight excluding hydrogens is 382 g/mol. The Morgan fingerprint density at radius 3 is 2.53 bits per heavy atom. The first kappa shape index (κ1) is 19.1. The van der Waals surface area contributed by atoms with Crippen molar-refractivity contribution in [3.63, 3.8) is 0 Å². The number of pyridine rings is 1. The summed E-state index contributed by atoms with van der Waals surface area (Å²) in [5.41, 5.74) is 1.11. The summed E-state index contributed by atoms with van der Waals surface area (Å²) in [5.74, 6) is 1.51. The van der Waals surface area contributed by atoms with Gasteiger partial charge in [0.15, 0.2) is 0 Å². The molecule has 0 aliphatic rings. The summed E-state index contributed by atoms with van der Waals surface area (Å²) in [6.07, 6.45) is 6.77. The van der Waals surface area contributed by atoms with Gasteiger partial charge in [0.25, 0.3) is 11.5 Å². The van der Waals surface area contributed by atoms with E-state index in [1.54, 1.807) is 48.5 Å². The molecule has 0 unspecified atom stereocenters. The first-order chi connectivity index (χ1) is 14.5. The minimum absolute atomic E-state index is 0.0886. The average molecular weight is 401 g/mol. The van der Waals surface area contributed by atoms with Crippen LogP contribution in [0.25, 0.3) is 5.82 Å². The van der Waals surface area contributed by atoms with E-state index in [0.29, 0.717) is 23.1 Å². The van der Waals surface area contributed by atoms with Crippen LogP contribution in [0.3, 0.4) is 0 Å². The zero-order valence-corrected chi connectivity index (χ0v) is 16.4. The van der Waals surface area contributed by atoms with Gasteiger partial charge in [0.05, 0.1) is 0 Å². The van der Waals surface area contributed by atoms with Crippen molar-refractivity contribution < 1.29 is 4.79 Å². The molecule has 0 aliphatic heterocycles. The third-order valence-corrected chi connectivity index (χ3v) is 4.38. The summed E-state index contributed by atoms with van der Waals surface area (Å²) >= 11 is 0. The molecule has 0 saturated carbocycles. The van der Waals surface area contributed by atoms with E-state index in [2.05, 4.69) is 25.6 Å². The molecule has 1 aromatic carbocycles. The fourth-order valence-electron chi connectivity index (χ4n) is 2.90. The molecule has 1 amide bonds. The number of hydrogen-bond donors (Lipinski definition) is 2. The first-order valence-electron chi connectivity index (χ1n) is 9.18. The van der Waals surface area contributed by atoms with Crippen LogP contribution in [0, 0.1) is 6.92 Å². The van der Waals surface area contributed by atoms with Crippen molar-refractivity contribution in [2.45, 2.75) is 6.92 Å². The number of carbonyl (C=O) groups is 1. The Kier molecular flexibility index (Phi) is 5.08. The maximum Gasteiger partial charge on any atom is 0.263 e. The van der Waals surface area contributed by atoms with Gasteiger partial charge in [-0.3, -0.25) is 14.2 Å². The summed E-state index contributed by atoms with van der Waals surface area (Å²) < 4.78 is 3.16. The van der Waals surface area contributed by atoms with Crippen molar-refractivity contribution in [3.8, 4) is 5.82 Å². The number of rotatable bonds is 5. The number of nitrogens with zero attached hydrogens (tertiary/aromatic N) is 5. The van der Waals surface area contributed by atoms with Crippen molar-refractivity contribution in [2.24, 2.45) is 7.05 Å². The van der Waals surface area contributed by atoms with Gasteiger partial charge in [0.1, 0.15) is 29.4 Å². The number of amides is 1. The van der Waals surface area contributed by atoms with E-state index in [1.807, 2.05) is 31.3 Å². The molecule has 0 saturated heterocycles. The highest BCUT2D eigenvalue weighted by molar-refractivity contribution is 6.04. The van der Waals surface area contributed by atoms with Crippen molar-refractivity contribution in [1.29, 1.82) is 0 Å². The number of aryl methyl sites for hydroxylation is 2. The maximum absolute atomic E-state index is 12.4. The van der Waals surface area contributed by atoms with E-state index < -0.39 is 5.91 Å². The Bertz CT molecular complexity index is 1250. The topological polar surface area (TPSA) is 107 Å². The molecule has 150 valence electrons. The molecule has 0 fully saturated rings. The van der Waals surface area contributed by atoms with Crippen molar-refractivity contribution in [2.75, 3.05) is 10.6 Å². The van der Waals surface area contributed by atoms with Crippen LogP contribution in [0.2, 0.25) is 0 Å². The number of aromatic nitrogens is 5. The van der Waals surface area contributed by atoms with E-state index in [-0.39, 0.29) is 11.1 Å². The Balaban J connectivity index is 1.49. The predicted octanol–water partition coefficient (Wildman–Crippen LogP) is 2.67. The molecule has 4 rings (SSSR count). The standard InChI is InChI=1S/C21H19N7O2/c1-14-23-18(12-19(24-14)28-11-9-22-13-28)25-15-5-7-16(8-6-15)26-20(29)17-4-3-10-27(2)21(17)30/h3-13H,1-2H3,(H,26,29)(H,23,24,25). The molecule has 2 N–H and O–H groups in total. The van der Waals surface area contributed by atoms with Crippen molar-refractivity contribution in [3.05, 3.63) is 89.1 Å². The zero-order valence-electron chi connectivity index (χ0n) is 16.4. The quantitative estimate of drug-likeness (QED) is 0.532. The smallest absolute Gasteiger partial charge is 0.263 e. The maximum atomic E-state index is 12.4. The molecule has 3 aromatic heterocycles. The van der Waals surface area contributed by atoms with Gasteiger partial charge in [0, 0.05) is 43.1 Å². The Morgan fingerprint density at radius 2 is 1.80 bits per heavy atom. The second-order valence-electron chi connectivity index (χ2n) is 6.62. The van der Waals surface area contributed by atoms with Crippen LogP contribution in [-0.2, 0) is 7.05 Å². The van der Waals surface area contributed by atoms with Gasteiger partial charge < -0.3 is 15.2 Å². The lowest BCUT2D eigenvalue weighted by Crippen LogP contribution is -2.26. The third kappa shape index (κ3) is 4.09. The van der Waals surface area contributed by atoms with Crippen molar-refractivity contribution in [1.82, 2.24) is 24.1 Å². The van der Waals surface area contributed by atoms with E-state index in [1.165, 1.54) is 10.6 Å². The van der Waals surface area contributed by atoms with Crippen LogP contribution >= 0.6 is 0 Å². The molecule has 9 nitrogen and oxygen atoms in total. The monoisotopic (exact) mass is 401 g/mol. The number of benzene rings is 1. The highest BCUT2D eigenvalue weighted by atomic mass is 16.2. The van der Waals surface area contributed by atoms with E-state index in [0.717, 1.165) is 5.69 Å². The minimum Gasteiger partial charge on any atom is -0.340 e. The lowest BCUT2D eigenvalue weighted by atomic mass is 10.2. The van der Waals surface area contributed by atoms with Gasteiger partial charge in [-0.25, -0.2) is 15.0 Å². The predicted molar refractivity (Wildman–Crippen MR) is 113 cm³/mol. The molecule has 30 heavy (non-hydrogen) atoms. The molecule has 0 radical (unpaired) electrons. The molecule has 4 aromatic rings. The van der Waals surface area contributed by atoms with E-state index in [4.69, 9.17) is 0 Å². The Hall–Kier alpha value is -4.27. The summed E-state index contributed by atoms with van der Waals surface area (Å²) in [5, 5.41) is 5.96. The summed E-state index contributed by atoms with van der Waals surface area (Å²) in [6.45, 7) is 1.82. The molecule has 0 spiro atoms. The van der Waals surface area contributed by atoms with Gasteiger partial charge in [-0.2, -0.15) is 0 Å². The average Bonchev–Trinajstić information content (AvgIpc) is 3.26. The molecule has 0 bridgehead atoms. The number of nitrogens with one attached hydrogen (secondary N) is 2. The lowest BCUT2D eigenvalue weighted by Gasteiger charge is -2.10. The number of hydrogen-bond acceptors (Lipinski definition) is 6. The van der Waals surface area contributed by atoms with E-state index >= 15 is 0 Å². The fourth-order valence-corrected chi connectivity index (χ4v) is 2.90. The highest BCUT2D eigenvalue weighted by Gasteiger charge is 2.11. The molecule has 3 heterocycles. The zero-order chi connectivity index (χ0) is 21.1. The highest BCUT2D eigenvalue weighted by Crippen LogP contribution is 2.19. The SMILES string of the molecule is Cc1nc(Nc2ccc(NC(=O)c3cccn(C)c3=O)cc2)cc(-n2ccnc2)n1. The van der Waals surface area contributed by atoms with Crippen LogP contribution in [0.1, 0.15) is 16.2 Å². The Morgan fingerprint density at radius 1 is 1.03 bits per heavy atom. The Labute approximate surface area is 172 Å². The third-order valence-electron chi connectivity index (χ3n) is 4.38. The van der Waals surface area contributed by atoms with Crippen LogP contribution < -0.4 is 16.2 Å². The van der Waals surface area contributed by atoms with Crippen LogP contribution in [-0.4, -0.2) is 30.0 Å². The van der Waals surface area contributed by atoms with Crippen molar-refractivity contribution >= 4 is 23.1 Å².